The van der Waals surface area contributed by atoms with Gasteiger partial charge in [0, 0.05) is 5.69 Å². The average Bonchev–Trinajstić information content (AvgIpc) is 2.36. The molecule has 0 fully saturated rings. The minimum atomic E-state index is -0.522. The van der Waals surface area contributed by atoms with E-state index >= 15 is 0 Å². The van der Waals surface area contributed by atoms with E-state index in [-0.39, 0.29) is 0 Å². The molecule has 1 rings (SSSR count). The Morgan fingerprint density at radius 3 is 3.00 bits per heavy atom. The van der Waals surface area contributed by atoms with Crippen LogP contribution < -0.4 is 5.73 Å². The second-order valence-electron chi connectivity index (χ2n) is 2.51. The topological polar surface area (TPSA) is 74.9 Å². The third-order valence-electron chi connectivity index (χ3n) is 1.62. The van der Waals surface area contributed by atoms with Crippen LogP contribution in [0.15, 0.2) is 6.33 Å². The molecule has 0 spiro atoms. The van der Waals surface area contributed by atoms with Crippen molar-refractivity contribution in [3.8, 4) is 0 Å². The number of aliphatic hydroxyl groups excluding tert-OH is 1. The van der Waals surface area contributed by atoms with Crippen LogP contribution in [0, 0.1) is 6.92 Å². The van der Waals surface area contributed by atoms with Crippen molar-refractivity contribution < 1.29 is 5.11 Å². The maximum absolute atomic E-state index is 9.43. The summed E-state index contributed by atoms with van der Waals surface area (Å²) in [5.41, 5.74) is 6.90. The molecule has 1 unspecified atom stereocenters. The van der Waals surface area contributed by atoms with Gasteiger partial charge in [0.2, 0.25) is 0 Å². The number of aromatic amines is 1. The smallest absolute Gasteiger partial charge is 0.0990 e. The zero-order valence-corrected chi connectivity index (χ0v) is 6.54. The molecule has 0 aliphatic rings. The first-order valence-electron chi connectivity index (χ1n) is 3.63. The van der Waals surface area contributed by atoms with E-state index in [1.165, 1.54) is 0 Å². The number of imidazole rings is 1. The lowest BCUT2D eigenvalue weighted by molar-refractivity contribution is 0.165. The number of rotatable bonds is 3. The van der Waals surface area contributed by atoms with Crippen LogP contribution in [0.25, 0.3) is 0 Å². The summed E-state index contributed by atoms with van der Waals surface area (Å²) in [5.74, 6) is 0. The third kappa shape index (κ3) is 1.78. The molecular formula is C7H13N3O. The molecule has 0 aliphatic carbocycles. The number of hydrogen-bond acceptors (Lipinski definition) is 3. The van der Waals surface area contributed by atoms with Crippen molar-refractivity contribution in [1.29, 1.82) is 0 Å². The minimum Gasteiger partial charge on any atom is -0.387 e. The Bertz CT molecular complexity index is 221. The van der Waals surface area contributed by atoms with E-state index in [0.29, 0.717) is 18.7 Å². The van der Waals surface area contributed by atoms with E-state index in [1.54, 1.807) is 6.33 Å². The quantitative estimate of drug-likeness (QED) is 0.579. The maximum atomic E-state index is 9.43. The van der Waals surface area contributed by atoms with Crippen LogP contribution in [0.1, 0.15) is 23.9 Å². The van der Waals surface area contributed by atoms with E-state index in [4.69, 9.17) is 5.73 Å². The summed E-state index contributed by atoms with van der Waals surface area (Å²) in [6, 6.07) is 0. The molecular weight excluding hydrogens is 142 g/mol. The normalized spacial score (nSPS) is 13.4. The Morgan fingerprint density at radius 1 is 1.82 bits per heavy atom. The van der Waals surface area contributed by atoms with Gasteiger partial charge in [-0.25, -0.2) is 4.98 Å². The summed E-state index contributed by atoms with van der Waals surface area (Å²) >= 11 is 0. The van der Waals surface area contributed by atoms with Crippen molar-refractivity contribution in [2.24, 2.45) is 5.73 Å². The van der Waals surface area contributed by atoms with Gasteiger partial charge < -0.3 is 15.8 Å². The van der Waals surface area contributed by atoms with Gasteiger partial charge >= 0.3 is 0 Å². The van der Waals surface area contributed by atoms with Gasteiger partial charge in [-0.15, -0.1) is 0 Å². The number of nitrogens with one attached hydrogen (secondary N) is 1. The molecule has 4 heteroatoms. The molecule has 1 aromatic rings. The molecule has 0 amide bonds. The van der Waals surface area contributed by atoms with Crippen LogP contribution in [0.4, 0.5) is 0 Å². The summed E-state index contributed by atoms with van der Waals surface area (Å²) in [6.07, 6.45) is 1.61. The first kappa shape index (κ1) is 8.23. The molecule has 0 aliphatic heterocycles. The van der Waals surface area contributed by atoms with Gasteiger partial charge in [0.05, 0.1) is 18.1 Å². The van der Waals surface area contributed by atoms with Gasteiger partial charge in [-0.3, -0.25) is 0 Å². The fraction of sp³-hybridized carbons (Fsp3) is 0.571. The van der Waals surface area contributed by atoms with Gasteiger partial charge in [0.1, 0.15) is 0 Å². The maximum Gasteiger partial charge on any atom is 0.0990 e. The Hall–Kier alpha value is -0.870. The number of nitrogens with two attached hydrogens (primary N) is 1. The lowest BCUT2D eigenvalue weighted by Gasteiger charge is -2.05. The fourth-order valence-corrected chi connectivity index (χ4v) is 1.000. The van der Waals surface area contributed by atoms with Gasteiger partial charge in [-0.2, -0.15) is 0 Å². The van der Waals surface area contributed by atoms with Crippen LogP contribution >= 0.6 is 0 Å². The molecule has 1 heterocycles. The van der Waals surface area contributed by atoms with Gasteiger partial charge in [-0.05, 0) is 19.9 Å². The predicted molar refractivity (Wildman–Crippen MR) is 42.0 cm³/mol. The minimum absolute atomic E-state index is 0.480. The predicted octanol–water partition coefficient (Wildman–Crippen LogP) is 0.100. The summed E-state index contributed by atoms with van der Waals surface area (Å²) in [5, 5.41) is 9.43. The molecule has 4 nitrogen and oxygen atoms in total. The molecule has 62 valence electrons. The zero-order chi connectivity index (χ0) is 8.27. The highest BCUT2D eigenvalue weighted by Gasteiger charge is 2.10. The van der Waals surface area contributed by atoms with Crippen molar-refractivity contribution in [2.45, 2.75) is 19.4 Å². The van der Waals surface area contributed by atoms with Gasteiger partial charge in [-0.1, -0.05) is 0 Å². The van der Waals surface area contributed by atoms with Crippen molar-refractivity contribution >= 4 is 0 Å². The summed E-state index contributed by atoms with van der Waals surface area (Å²) < 4.78 is 0. The molecule has 0 saturated carbocycles. The largest absolute Gasteiger partial charge is 0.387 e. The molecule has 11 heavy (non-hydrogen) atoms. The Morgan fingerprint density at radius 2 is 2.55 bits per heavy atom. The lowest BCUT2D eigenvalue weighted by Crippen LogP contribution is -2.07. The second kappa shape index (κ2) is 3.50. The number of nitrogens with zero attached hydrogens (tertiary/aromatic N) is 1. The molecule has 0 saturated heterocycles. The highest BCUT2D eigenvalue weighted by atomic mass is 16.3. The first-order chi connectivity index (χ1) is 5.25. The SMILES string of the molecule is Cc1[nH]cnc1C(O)CCN. The van der Waals surface area contributed by atoms with Crippen molar-refractivity contribution in [2.75, 3.05) is 6.54 Å². The standard InChI is InChI=1S/C7H13N3O/c1-5-7(10-4-9-5)6(11)2-3-8/h4,6,11H,2-3,8H2,1H3,(H,9,10). The number of aryl methyl sites for hydroxylation is 1. The summed E-state index contributed by atoms with van der Waals surface area (Å²) in [4.78, 5) is 6.87. The van der Waals surface area contributed by atoms with Crippen LogP contribution in [0.3, 0.4) is 0 Å². The van der Waals surface area contributed by atoms with Crippen molar-refractivity contribution in [1.82, 2.24) is 9.97 Å². The number of H-pyrrole nitrogens is 1. The van der Waals surface area contributed by atoms with Crippen molar-refractivity contribution in [3.63, 3.8) is 0 Å². The van der Waals surface area contributed by atoms with Gasteiger partial charge in [0.15, 0.2) is 0 Å². The average molecular weight is 155 g/mol. The van der Waals surface area contributed by atoms with E-state index in [2.05, 4.69) is 9.97 Å². The summed E-state index contributed by atoms with van der Waals surface area (Å²) in [7, 11) is 0. The highest BCUT2D eigenvalue weighted by Crippen LogP contribution is 2.15. The molecule has 0 radical (unpaired) electrons. The van der Waals surface area contributed by atoms with Crippen LogP contribution in [0.5, 0.6) is 0 Å². The Balaban J connectivity index is 2.67. The van der Waals surface area contributed by atoms with Crippen LogP contribution in [-0.2, 0) is 0 Å². The monoisotopic (exact) mass is 155 g/mol. The number of aliphatic hydroxyl groups is 1. The number of hydrogen-bond donors (Lipinski definition) is 3. The molecule has 0 bridgehead atoms. The molecule has 4 N–H and O–H groups in total. The van der Waals surface area contributed by atoms with E-state index in [9.17, 15) is 5.11 Å². The van der Waals surface area contributed by atoms with Crippen LogP contribution in [-0.4, -0.2) is 21.6 Å². The second-order valence-corrected chi connectivity index (χ2v) is 2.51. The molecule has 0 aromatic carbocycles. The van der Waals surface area contributed by atoms with Crippen molar-refractivity contribution in [3.05, 3.63) is 17.7 Å². The fourth-order valence-electron chi connectivity index (χ4n) is 1.000. The number of aromatic nitrogens is 2. The van der Waals surface area contributed by atoms with E-state index in [0.717, 1.165) is 5.69 Å². The van der Waals surface area contributed by atoms with Crippen LogP contribution in [0.2, 0.25) is 0 Å². The molecule has 1 atom stereocenters. The summed E-state index contributed by atoms with van der Waals surface area (Å²) in [6.45, 7) is 2.36. The van der Waals surface area contributed by atoms with Gasteiger partial charge in [0.25, 0.3) is 0 Å². The lowest BCUT2D eigenvalue weighted by atomic mass is 10.1. The Labute approximate surface area is 65.5 Å². The third-order valence-corrected chi connectivity index (χ3v) is 1.62. The molecule has 1 aromatic heterocycles. The zero-order valence-electron chi connectivity index (χ0n) is 6.54. The highest BCUT2D eigenvalue weighted by molar-refractivity contribution is 5.11. The Kier molecular flexibility index (Phi) is 2.62. The first-order valence-corrected chi connectivity index (χ1v) is 3.63. The van der Waals surface area contributed by atoms with E-state index < -0.39 is 6.10 Å². The van der Waals surface area contributed by atoms with E-state index in [1.807, 2.05) is 6.92 Å².